The summed E-state index contributed by atoms with van der Waals surface area (Å²) in [6.07, 6.45) is 0.300. The van der Waals surface area contributed by atoms with Gasteiger partial charge in [0.05, 0.1) is 32.8 Å². The maximum absolute atomic E-state index is 13.1. The smallest absolute Gasteiger partial charge is 0.227 e. The van der Waals surface area contributed by atoms with Gasteiger partial charge in [-0.3, -0.25) is 4.79 Å². The lowest BCUT2D eigenvalue weighted by Crippen LogP contribution is -2.44. The highest BCUT2D eigenvalue weighted by Gasteiger charge is 2.28. The Bertz CT molecular complexity index is 702. The van der Waals surface area contributed by atoms with Crippen LogP contribution in [0.5, 0.6) is 5.75 Å². The van der Waals surface area contributed by atoms with Crippen LogP contribution >= 0.6 is 0 Å². The van der Waals surface area contributed by atoms with Crippen molar-refractivity contribution in [3.63, 3.8) is 0 Å². The van der Waals surface area contributed by atoms with Gasteiger partial charge in [0.1, 0.15) is 11.6 Å². The fourth-order valence-corrected chi connectivity index (χ4v) is 2.92. The highest BCUT2D eigenvalue weighted by Crippen LogP contribution is 2.25. The Morgan fingerprint density at radius 1 is 1.29 bits per heavy atom. The maximum Gasteiger partial charge on any atom is 0.227 e. The molecule has 0 radical (unpaired) electrons. The molecule has 0 saturated carbocycles. The van der Waals surface area contributed by atoms with Gasteiger partial charge >= 0.3 is 0 Å². The van der Waals surface area contributed by atoms with Crippen molar-refractivity contribution < 1.29 is 18.7 Å². The Morgan fingerprint density at radius 3 is 2.83 bits per heavy atom. The highest BCUT2D eigenvalue weighted by atomic mass is 19.1. The molecule has 3 rings (SSSR count). The van der Waals surface area contributed by atoms with Gasteiger partial charge in [-0.2, -0.15) is 0 Å². The molecule has 0 spiro atoms. The van der Waals surface area contributed by atoms with Crippen molar-refractivity contribution in [3.05, 3.63) is 65.5 Å². The number of benzene rings is 2. The number of ether oxygens (including phenoxy) is 2. The quantitative estimate of drug-likeness (QED) is 0.866. The molecule has 2 aromatic carbocycles. The molecule has 1 unspecified atom stereocenters. The third kappa shape index (κ3) is 3.74. The van der Waals surface area contributed by atoms with Crippen molar-refractivity contribution in [2.24, 2.45) is 0 Å². The van der Waals surface area contributed by atoms with Gasteiger partial charge < -0.3 is 14.4 Å². The van der Waals surface area contributed by atoms with Crippen molar-refractivity contribution in [1.29, 1.82) is 0 Å². The molecule has 126 valence electrons. The molecule has 1 aliphatic rings. The number of carbonyl (C=O) groups is 1. The lowest BCUT2D eigenvalue weighted by atomic mass is 10.0. The van der Waals surface area contributed by atoms with Gasteiger partial charge in [-0.15, -0.1) is 0 Å². The molecule has 24 heavy (non-hydrogen) atoms. The van der Waals surface area contributed by atoms with Crippen LogP contribution in [0.25, 0.3) is 0 Å². The molecule has 0 bridgehead atoms. The van der Waals surface area contributed by atoms with E-state index in [2.05, 4.69) is 0 Å². The van der Waals surface area contributed by atoms with E-state index in [0.717, 1.165) is 16.9 Å². The second-order valence-corrected chi connectivity index (χ2v) is 5.76. The largest absolute Gasteiger partial charge is 0.497 e. The zero-order chi connectivity index (χ0) is 16.9. The summed E-state index contributed by atoms with van der Waals surface area (Å²) in [7, 11) is 1.60. The highest BCUT2D eigenvalue weighted by molar-refractivity contribution is 5.79. The SMILES string of the molecule is COc1cccc(CC(=O)N2CCOCC2c2ccc(F)cc2)c1. The van der Waals surface area contributed by atoms with Gasteiger partial charge in [-0.25, -0.2) is 4.39 Å². The van der Waals surface area contributed by atoms with Gasteiger partial charge in [0, 0.05) is 6.54 Å². The molecule has 5 heteroatoms. The Morgan fingerprint density at radius 2 is 2.08 bits per heavy atom. The molecule has 1 fully saturated rings. The first-order chi connectivity index (χ1) is 11.7. The first-order valence-electron chi connectivity index (χ1n) is 7.93. The predicted octanol–water partition coefficient (Wildman–Crippen LogP) is 2.98. The summed E-state index contributed by atoms with van der Waals surface area (Å²) in [6, 6.07) is 13.6. The second kappa shape index (κ2) is 7.45. The van der Waals surface area contributed by atoms with E-state index in [9.17, 15) is 9.18 Å². The first kappa shape index (κ1) is 16.5. The third-order valence-electron chi connectivity index (χ3n) is 4.19. The number of rotatable bonds is 4. The summed E-state index contributed by atoms with van der Waals surface area (Å²) in [5.74, 6) is 0.475. The van der Waals surface area contributed by atoms with Crippen molar-refractivity contribution >= 4 is 5.91 Å². The molecule has 1 atom stereocenters. The number of halogens is 1. The lowest BCUT2D eigenvalue weighted by Gasteiger charge is -2.36. The van der Waals surface area contributed by atoms with Crippen LogP contribution in [0, 0.1) is 5.82 Å². The topological polar surface area (TPSA) is 38.8 Å². The molecular weight excluding hydrogens is 309 g/mol. The van der Waals surface area contributed by atoms with Gasteiger partial charge in [0.25, 0.3) is 0 Å². The van der Waals surface area contributed by atoms with E-state index in [1.54, 1.807) is 19.2 Å². The van der Waals surface area contributed by atoms with E-state index < -0.39 is 0 Å². The molecule has 4 nitrogen and oxygen atoms in total. The van der Waals surface area contributed by atoms with Crippen LogP contribution in [0.2, 0.25) is 0 Å². The number of hydrogen-bond acceptors (Lipinski definition) is 3. The Kier molecular flexibility index (Phi) is 5.11. The van der Waals surface area contributed by atoms with Crippen molar-refractivity contribution in [2.75, 3.05) is 26.9 Å². The molecule has 0 aromatic heterocycles. The summed E-state index contributed by atoms with van der Waals surface area (Å²) in [6.45, 7) is 1.47. The van der Waals surface area contributed by atoms with Crippen LogP contribution in [-0.2, 0) is 16.0 Å². The number of carbonyl (C=O) groups excluding carboxylic acids is 1. The van der Waals surface area contributed by atoms with Crippen LogP contribution in [0.4, 0.5) is 4.39 Å². The molecular formula is C19H20FNO3. The van der Waals surface area contributed by atoms with Gasteiger partial charge in [0.15, 0.2) is 0 Å². The van der Waals surface area contributed by atoms with Gasteiger partial charge in [-0.1, -0.05) is 24.3 Å². The fraction of sp³-hybridized carbons (Fsp3) is 0.316. The summed E-state index contributed by atoms with van der Waals surface area (Å²) in [5, 5.41) is 0. The van der Waals surface area contributed by atoms with E-state index in [0.29, 0.717) is 26.2 Å². The first-order valence-corrected chi connectivity index (χ1v) is 7.93. The zero-order valence-corrected chi connectivity index (χ0v) is 13.6. The molecule has 1 heterocycles. The minimum atomic E-state index is -0.287. The monoisotopic (exact) mass is 329 g/mol. The summed E-state index contributed by atoms with van der Waals surface area (Å²) >= 11 is 0. The number of amides is 1. The van der Waals surface area contributed by atoms with Gasteiger partial charge in [-0.05, 0) is 35.4 Å². The minimum Gasteiger partial charge on any atom is -0.497 e. The number of hydrogen-bond donors (Lipinski definition) is 0. The van der Waals surface area contributed by atoms with E-state index in [1.165, 1.54) is 12.1 Å². The van der Waals surface area contributed by atoms with Crippen LogP contribution in [-0.4, -0.2) is 37.7 Å². The lowest BCUT2D eigenvalue weighted by molar-refractivity contribution is -0.139. The Balaban J connectivity index is 1.76. The fourth-order valence-electron chi connectivity index (χ4n) is 2.92. The van der Waals surface area contributed by atoms with Crippen LogP contribution in [0.1, 0.15) is 17.2 Å². The molecule has 2 aromatic rings. The summed E-state index contributed by atoms with van der Waals surface area (Å²) in [4.78, 5) is 14.6. The van der Waals surface area contributed by atoms with E-state index in [4.69, 9.17) is 9.47 Å². The Hall–Kier alpha value is -2.40. The number of morpholine rings is 1. The predicted molar refractivity (Wildman–Crippen MR) is 88.4 cm³/mol. The molecule has 1 saturated heterocycles. The Labute approximate surface area is 140 Å². The van der Waals surface area contributed by atoms with E-state index in [-0.39, 0.29) is 17.8 Å². The maximum atomic E-state index is 13.1. The number of methoxy groups -OCH3 is 1. The minimum absolute atomic E-state index is 0.0286. The average molecular weight is 329 g/mol. The van der Waals surface area contributed by atoms with Gasteiger partial charge in [0.2, 0.25) is 5.91 Å². The molecule has 1 amide bonds. The standard InChI is InChI=1S/C19H20FNO3/c1-23-17-4-2-3-14(11-17)12-19(22)21-9-10-24-13-18(21)15-5-7-16(20)8-6-15/h2-8,11,18H,9-10,12-13H2,1H3. The van der Waals surface area contributed by atoms with E-state index >= 15 is 0 Å². The summed E-state index contributed by atoms with van der Waals surface area (Å²) in [5.41, 5.74) is 1.79. The molecule has 0 N–H and O–H groups in total. The van der Waals surface area contributed by atoms with Crippen LogP contribution in [0.3, 0.4) is 0 Å². The third-order valence-corrected chi connectivity index (χ3v) is 4.19. The zero-order valence-electron chi connectivity index (χ0n) is 13.6. The van der Waals surface area contributed by atoms with Crippen LogP contribution in [0.15, 0.2) is 48.5 Å². The molecule has 0 aliphatic carbocycles. The normalized spacial score (nSPS) is 17.6. The van der Waals surface area contributed by atoms with E-state index in [1.807, 2.05) is 29.2 Å². The molecule has 1 aliphatic heterocycles. The average Bonchev–Trinajstić information content (AvgIpc) is 2.62. The van der Waals surface area contributed by atoms with Crippen molar-refractivity contribution in [1.82, 2.24) is 4.90 Å². The van der Waals surface area contributed by atoms with Crippen molar-refractivity contribution in [2.45, 2.75) is 12.5 Å². The van der Waals surface area contributed by atoms with Crippen LogP contribution < -0.4 is 4.74 Å². The summed E-state index contributed by atoms with van der Waals surface area (Å²) < 4.78 is 23.9. The second-order valence-electron chi connectivity index (χ2n) is 5.76. The number of nitrogens with zero attached hydrogens (tertiary/aromatic N) is 1. The van der Waals surface area contributed by atoms with Crippen molar-refractivity contribution in [3.8, 4) is 5.75 Å².